The number of hydrogen-bond donors (Lipinski definition) is 2. The molecule has 220 valence electrons. The second-order valence-corrected chi connectivity index (χ2v) is 11.3. The molecule has 0 unspecified atom stereocenters. The molecular weight excluding hydrogens is 534 g/mol. The van der Waals surface area contributed by atoms with Gasteiger partial charge in [0.1, 0.15) is 11.6 Å². The lowest BCUT2D eigenvalue weighted by Crippen LogP contribution is -2.41. The van der Waals surface area contributed by atoms with E-state index in [4.69, 9.17) is 14.9 Å². The fraction of sp³-hybridized carbons (Fsp3) is 0.306. The molecule has 1 aliphatic rings. The zero-order valence-electron chi connectivity index (χ0n) is 24.7. The summed E-state index contributed by atoms with van der Waals surface area (Å²) in [5.41, 5.74) is 3.56. The van der Waals surface area contributed by atoms with Crippen LogP contribution in [0, 0.1) is 5.92 Å². The summed E-state index contributed by atoms with van der Waals surface area (Å²) < 4.78 is 7.61. The minimum absolute atomic E-state index is 0.00761. The van der Waals surface area contributed by atoms with Crippen LogP contribution in [0.25, 0.3) is 10.8 Å². The Morgan fingerprint density at radius 3 is 2.42 bits per heavy atom. The van der Waals surface area contributed by atoms with Crippen LogP contribution in [-0.2, 0) is 30.6 Å². The molecular formula is C36H39N5O2. The number of nitrogens with one attached hydrogen (secondary N) is 2. The first-order valence-corrected chi connectivity index (χ1v) is 15.2. The average molecular weight is 574 g/mol. The summed E-state index contributed by atoms with van der Waals surface area (Å²) >= 11 is 0. The van der Waals surface area contributed by atoms with Crippen LogP contribution in [0.3, 0.4) is 0 Å². The molecule has 1 fully saturated rings. The molecule has 1 aliphatic heterocycles. The van der Waals surface area contributed by atoms with E-state index in [0.29, 0.717) is 13.0 Å². The standard InChI is InChI=1S/C36H39N5O2/c1-43-31-17-14-27(15-18-31)25-41-34(19-16-26-8-3-2-4-9-26)39-40-35(41)33(38-36(42)29-20-22-37-23-21-29)24-30-12-7-11-28-10-5-6-13-32(28)30/h2-15,17-18,29,33,37H,16,19-25H2,1H3,(H,38,42)/t33-/m1/s1. The first-order valence-electron chi connectivity index (χ1n) is 15.2. The SMILES string of the molecule is COc1ccc(Cn2c(CCc3ccccc3)nnc2[C@@H](Cc2cccc3ccccc23)NC(=O)C2CCNCC2)cc1. The molecule has 1 aromatic heterocycles. The molecule has 0 radical (unpaired) electrons. The van der Waals surface area contributed by atoms with Crippen molar-refractivity contribution in [2.75, 3.05) is 20.2 Å². The molecule has 5 aromatic rings. The number of aryl methyl sites for hydroxylation is 2. The number of carbonyl (C=O) groups excluding carboxylic acids is 1. The van der Waals surface area contributed by atoms with Gasteiger partial charge in [0.2, 0.25) is 5.91 Å². The monoisotopic (exact) mass is 573 g/mol. The molecule has 1 saturated heterocycles. The zero-order valence-corrected chi connectivity index (χ0v) is 24.7. The molecule has 6 rings (SSSR count). The van der Waals surface area contributed by atoms with Crippen molar-refractivity contribution in [3.8, 4) is 5.75 Å². The molecule has 7 heteroatoms. The molecule has 0 saturated carbocycles. The third kappa shape index (κ3) is 6.95. The maximum atomic E-state index is 13.7. The number of amides is 1. The van der Waals surface area contributed by atoms with Crippen molar-refractivity contribution >= 4 is 16.7 Å². The summed E-state index contributed by atoms with van der Waals surface area (Å²) in [6.45, 7) is 2.33. The quantitative estimate of drug-likeness (QED) is 0.213. The second kappa shape index (κ2) is 13.7. The van der Waals surface area contributed by atoms with Gasteiger partial charge in [-0.15, -0.1) is 10.2 Å². The van der Waals surface area contributed by atoms with Gasteiger partial charge in [0.05, 0.1) is 19.7 Å². The lowest BCUT2D eigenvalue weighted by atomic mass is 9.95. The summed E-state index contributed by atoms with van der Waals surface area (Å²) in [6, 6.07) is 33.1. The van der Waals surface area contributed by atoms with Crippen molar-refractivity contribution in [3.63, 3.8) is 0 Å². The number of fused-ring (bicyclic) bond motifs is 1. The lowest BCUT2D eigenvalue weighted by Gasteiger charge is -2.26. The van der Waals surface area contributed by atoms with E-state index < -0.39 is 0 Å². The Kier molecular flexibility index (Phi) is 9.09. The van der Waals surface area contributed by atoms with Gasteiger partial charge in [-0.1, -0.05) is 84.9 Å². The normalized spacial score (nSPS) is 14.4. The van der Waals surface area contributed by atoms with E-state index in [1.807, 2.05) is 18.2 Å². The van der Waals surface area contributed by atoms with Gasteiger partial charge in [-0.25, -0.2) is 0 Å². The number of nitrogens with zero attached hydrogens (tertiary/aromatic N) is 3. The first-order chi connectivity index (χ1) is 21.2. The molecule has 43 heavy (non-hydrogen) atoms. The van der Waals surface area contributed by atoms with Crippen LogP contribution in [-0.4, -0.2) is 40.9 Å². The number of methoxy groups -OCH3 is 1. The predicted molar refractivity (Wildman–Crippen MR) is 170 cm³/mol. The topological polar surface area (TPSA) is 81.1 Å². The van der Waals surface area contributed by atoms with Crippen molar-refractivity contribution < 1.29 is 9.53 Å². The van der Waals surface area contributed by atoms with Crippen molar-refractivity contribution in [1.82, 2.24) is 25.4 Å². The maximum absolute atomic E-state index is 13.7. The number of benzene rings is 4. The van der Waals surface area contributed by atoms with Crippen molar-refractivity contribution in [2.24, 2.45) is 5.92 Å². The van der Waals surface area contributed by atoms with E-state index in [1.165, 1.54) is 21.9 Å². The Balaban J connectivity index is 1.37. The van der Waals surface area contributed by atoms with Crippen molar-refractivity contribution in [1.29, 1.82) is 0 Å². The van der Waals surface area contributed by atoms with Gasteiger partial charge in [0.25, 0.3) is 0 Å². The average Bonchev–Trinajstić information content (AvgIpc) is 3.46. The molecule has 0 aliphatic carbocycles. The summed E-state index contributed by atoms with van der Waals surface area (Å²) in [4.78, 5) is 13.7. The minimum Gasteiger partial charge on any atom is -0.497 e. The van der Waals surface area contributed by atoms with E-state index in [1.54, 1.807) is 7.11 Å². The van der Waals surface area contributed by atoms with Crippen LogP contribution in [0.2, 0.25) is 0 Å². The molecule has 1 atom stereocenters. The van der Waals surface area contributed by atoms with Crippen molar-refractivity contribution in [3.05, 3.63) is 125 Å². The van der Waals surface area contributed by atoms with Gasteiger partial charge in [0.15, 0.2) is 5.82 Å². The first kappa shape index (κ1) is 28.6. The van der Waals surface area contributed by atoms with E-state index in [2.05, 4.69) is 94.1 Å². The molecule has 2 heterocycles. The highest BCUT2D eigenvalue weighted by atomic mass is 16.5. The lowest BCUT2D eigenvalue weighted by molar-refractivity contribution is -0.126. The molecule has 1 amide bonds. The Morgan fingerprint density at radius 2 is 1.63 bits per heavy atom. The number of piperidine rings is 1. The summed E-state index contributed by atoms with van der Waals surface area (Å²) in [6.07, 6.45) is 3.91. The Labute approximate surface area is 253 Å². The van der Waals surface area contributed by atoms with Gasteiger partial charge in [-0.05, 0) is 71.9 Å². The highest BCUT2D eigenvalue weighted by Gasteiger charge is 2.28. The van der Waals surface area contributed by atoms with Crippen LogP contribution in [0.5, 0.6) is 5.75 Å². The second-order valence-electron chi connectivity index (χ2n) is 11.3. The number of aromatic nitrogens is 3. The zero-order chi connectivity index (χ0) is 29.4. The third-order valence-electron chi connectivity index (χ3n) is 8.48. The highest BCUT2D eigenvalue weighted by molar-refractivity contribution is 5.86. The summed E-state index contributed by atoms with van der Waals surface area (Å²) in [5.74, 6) is 2.60. The summed E-state index contributed by atoms with van der Waals surface area (Å²) in [7, 11) is 1.68. The van der Waals surface area contributed by atoms with Gasteiger partial charge in [-0.3, -0.25) is 4.79 Å². The highest BCUT2D eigenvalue weighted by Crippen LogP contribution is 2.27. The van der Waals surface area contributed by atoms with E-state index in [0.717, 1.165) is 61.7 Å². The molecule has 0 bridgehead atoms. The van der Waals surface area contributed by atoms with Gasteiger partial charge in [-0.2, -0.15) is 0 Å². The largest absolute Gasteiger partial charge is 0.497 e. The number of rotatable bonds is 11. The van der Waals surface area contributed by atoms with Crippen LogP contribution >= 0.6 is 0 Å². The smallest absolute Gasteiger partial charge is 0.223 e. The summed E-state index contributed by atoms with van der Waals surface area (Å²) in [5, 5.41) is 18.7. The number of hydrogen-bond acceptors (Lipinski definition) is 5. The van der Waals surface area contributed by atoms with Gasteiger partial charge < -0.3 is 19.9 Å². The van der Waals surface area contributed by atoms with E-state index >= 15 is 0 Å². The van der Waals surface area contributed by atoms with Crippen LogP contribution in [0.4, 0.5) is 0 Å². The fourth-order valence-corrected chi connectivity index (χ4v) is 6.05. The Hall–Kier alpha value is -4.49. The Bertz CT molecular complexity index is 1640. The van der Waals surface area contributed by atoms with Gasteiger partial charge >= 0.3 is 0 Å². The van der Waals surface area contributed by atoms with Gasteiger partial charge in [0, 0.05) is 18.8 Å². The predicted octanol–water partition coefficient (Wildman–Crippen LogP) is 5.67. The molecule has 2 N–H and O–H groups in total. The fourth-order valence-electron chi connectivity index (χ4n) is 6.05. The van der Waals surface area contributed by atoms with E-state index in [-0.39, 0.29) is 17.9 Å². The van der Waals surface area contributed by atoms with E-state index in [9.17, 15) is 4.79 Å². The molecule has 7 nitrogen and oxygen atoms in total. The van der Waals surface area contributed by atoms with Crippen LogP contribution in [0.15, 0.2) is 97.1 Å². The van der Waals surface area contributed by atoms with Crippen LogP contribution < -0.4 is 15.4 Å². The van der Waals surface area contributed by atoms with Crippen molar-refractivity contribution in [2.45, 2.75) is 44.7 Å². The maximum Gasteiger partial charge on any atom is 0.223 e. The Morgan fingerprint density at radius 1 is 0.884 bits per heavy atom. The van der Waals surface area contributed by atoms with Crippen LogP contribution in [0.1, 0.15) is 47.2 Å². The third-order valence-corrected chi connectivity index (χ3v) is 8.48. The molecule has 0 spiro atoms. The molecule has 4 aromatic carbocycles. The number of carbonyl (C=O) groups is 1. The number of ether oxygens (including phenoxy) is 1. The minimum atomic E-state index is -0.329.